The van der Waals surface area contributed by atoms with E-state index in [0.717, 1.165) is 0 Å². The molecule has 2 bridgehead atoms. The second-order valence-electron chi connectivity index (χ2n) is 8.08. The lowest BCUT2D eigenvalue weighted by molar-refractivity contribution is -0.179. The summed E-state index contributed by atoms with van der Waals surface area (Å²) >= 11 is 0. The summed E-state index contributed by atoms with van der Waals surface area (Å²) < 4.78 is 5.37. The number of ether oxygens (including phenoxy) is 1. The lowest BCUT2D eigenvalue weighted by Crippen LogP contribution is -2.48. The van der Waals surface area contributed by atoms with Gasteiger partial charge in [-0.05, 0) is 45.2 Å². The van der Waals surface area contributed by atoms with Gasteiger partial charge in [0.25, 0.3) is 11.8 Å². The zero-order valence-electron chi connectivity index (χ0n) is 15.3. The summed E-state index contributed by atoms with van der Waals surface area (Å²) in [7, 11) is 0. The largest absolute Gasteiger partial charge is 0.444 e. The highest BCUT2D eigenvalue weighted by atomic mass is 16.7. The predicted octanol–water partition coefficient (Wildman–Crippen LogP) is 2.00. The molecule has 142 valence electrons. The van der Waals surface area contributed by atoms with Crippen LogP contribution in [-0.4, -0.2) is 52.0 Å². The first-order valence-electron chi connectivity index (χ1n) is 8.86. The quantitative estimate of drug-likeness (QED) is 0.737. The third kappa shape index (κ3) is 2.75. The van der Waals surface area contributed by atoms with Crippen LogP contribution in [0.5, 0.6) is 0 Å². The van der Waals surface area contributed by atoms with E-state index >= 15 is 0 Å². The fourth-order valence-corrected chi connectivity index (χ4v) is 3.90. The molecule has 27 heavy (non-hydrogen) atoms. The summed E-state index contributed by atoms with van der Waals surface area (Å²) in [6, 6.07) is 5.98. The van der Waals surface area contributed by atoms with Gasteiger partial charge in [-0.25, -0.2) is 9.59 Å². The summed E-state index contributed by atoms with van der Waals surface area (Å²) in [6.07, 6.45) is 0.215. The highest BCUT2D eigenvalue weighted by Crippen LogP contribution is 2.47. The van der Waals surface area contributed by atoms with Gasteiger partial charge in [-0.2, -0.15) is 0 Å². The monoisotopic (exact) mass is 372 g/mol. The molecule has 3 fully saturated rings. The Kier molecular flexibility index (Phi) is 3.76. The van der Waals surface area contributed by atoms with Crippen LogP contribution in [0.25, 0.3) is 0 Å². The first kappa shape index (κ1) is 17.5. The lowest BCUT2D eigenvalue weighted by Gasteiger charge is -2.35. The van der Waals surface area contributed by atoms with E-state index in [1.807, 2.05) is 0 Å². The number of carbonyl (C=O) groups is 4. The maximum Gasteiger partial charge on any atom is 0.410 e. The Morgan fingerprint density at radius 2 is 1.67 bits per heavy atom. The van der Waals surface area contributed by atoms with Gasteiger partial charge in [0.1, 0.15) is 5.60 Å². The van der Waals surface area contributed by atoms with Crippen molar-refractivity contribution in [3.8, 4) is 0 Å². The molecule has 3 aliphatic heterocycles. The second-order valence-corrected chi connectivity index (χ2v) is 8.08. The number of carbonyl (C=O) groups excluding carboxylic acids is 4. The predicted molar refractivity (Wildman–Crippen MR) is 91.4 cm³/mol. The van der Waals surface area contributed by atoms with Crippen LogP contribution < -0.4 is 0 Å². The summed E-state index contributed by atoms with van der Waals surface area (Å²) in [5, 5.41) is 0.516. The summed E-state index contributed by atoms with van der Waals surface area (Å²) in [6.45, 7) is 5.74. The van der Waals surface area contributed by atoms with Gasteiger partial charge in [0.05, 0.1) is 17.0 Å². The Labute approximate surface area is 156 Å². The third-order valence-electron chi connectivity index (χ3n) is 5.14. The highest BCUT2D eigenvalue weighted by molar-refractivity contribution is 6.20. The zero-order chi connectivity index (χ0) is 19.5. The molecule has 0 aromatic heterocycles. The SMILES string of the molecule is CC(C)(C)OC(=O)N1C[C@@H]2C[C@H]1[C@@H]2C(=O)ON1C(=O)c2ccccc2C1=O. The van der Waals surface area contributed by atoms with Crippen LogP contribution in [0.1, 0.15) is 47.9 Å². The molecular weight excluding hydrogens is 352 g/mol. The van der Waals surface area contributed by atoms with Crippen molar-refractivity contribution in [3.63, 3.8) is 0 Å². The second kappa shape index (κ2) is 5.80. The van der Waals surface area contributed by atoms with Crippen LogP contribution in [0, 0.1) is 11.8 Å². The number of benzene rings is 1. The topological polar surface area (TPSA) is 93.2 Å². The van der Waals surface area contributed by atoms with Gasteiger partial charge in [-0.15, -0.1) is 0 Å². The van der Waals surface area contributed by atoms with Crippen molar-refractivity contribution in [3.05, 3.63) is 35.4 Å². The average Bonchev–Trinajstić information content (AvgIpc) is 3.22. The number of nitrogens with zero attached hydrogens (tertiary/aromatic N) is 2. The minimum Gasteiger partial charge on any atom is -0.444 e. The summed E-state index contributed by atoms with van der Waals surface area (Å²) in [5.41, 5.74) is -0.204. The van der Waals surface area contributed by atoms with Gasteiger partial charge in [-0.1, -0.05) is 17.2 Å². The van der Waals surface area contributed by atoms with Gasteiger partial charge < -0.3 is 14.5 Å². The summed E-state index contributed by atoms with van der Waals surface area (Å²) in [4.78, 5) is 56.2. The molecule has 0 spiro atoms. The van der Waals surface area contributed by atoms with Crippen molar-refractivity contribution < 1.29 is 28.8 Å². The molecule has 8 nitrogen and oxygen atoms in total. The number of hydrogen-bond donors (Lipinski definition) is 0. The number of fused-ring (bicyclic) bond motifs is 2. The van der Waals surface area contributed by atoms with E-state index in [1.54, 1.807) is 32.9 Å². The van der Waals surface area contributed by atoms with E-state index in [-0.39, 0.29) is 23.1 Å². The maximum atomic E-state index is 12.6. The normalized spacial score (nSPS) is 26.0. The molecule has 0 unspecified atom stereocenters. The third-order valence-corrected chi connectivity index (χ3v) is 5.14. The van der Waals surface area contributed by atoms with Crippen molar-refractivity contribution in [2.45, 2.75) is 38.8 Å². The van der Waals surface area contributed by atoms with Crippen molar-refractivity contribution in [2.75, 3.05) is 6.54 Å². The van der Waals surface area contributed by atoms with Crippen molar-refractivity contribution in [2.24, 2.45) is 11.8 Å². The minimum atomic E-state index is -0.670. The van der Waals surface area contributed by atoms with E-state index in [9.17, 15) is 19.2 Å². The van der Waals surface area contributed by atoms with Gasteiger partial charge in [0.2, 0.25) is 0 Å². The van der Waals surface area contributed by atoms with Crippen molar-refractivity contribution >= 4 is 23.9 Å². The molecule has 2 saturated heterocycles. The molecule has 5 rings (SSSR count). The Morgan fingerprint density at radius 3 is 2.22 bits per heavy atom. The van der Waals surface area contributed by atoms with Gasteiger partial charge in [0.15, 0.2) is 0 Å². The maximum absolute atomic E-state index is 12.6. The summed E-state index contributed by atoms with van der Waals surface area (Å²) in [5.74, 6) is -2.58. The molecule has 3 atom stereocenters. The highest BCUT2D eigenvalue weighted by Gasteiger charge is 2.59. The molecular formula is C19H20N2O6. The Balaban J connectivity index is 1.43. The number of amides is 3. The van der Waals surface area contributed by atoms with E-state index in [1.165, 1.54) is 17.0 Å². The van der Waals surface area contributed by atoms with Gasteiger partial charge in [0, 0.05) is 12.6 Å². The minimum absolute atomic E-state index is 0.0507. The molecule has 0 N–H and O–H groups in total. The van der Waals surface area contributed by atoms with Crippen LogP contribution >= 0.6 is 0 Å². The van der Waals surface area contributed by atoms with Crippen LogP contribution in [0.3, 0.4) is 0 Å². The fraction of sp³-hybridized carbons (Fsp3) is 0.474. The molecule has 0 radical (unpaired) electrons. The fourth-order valence-electron chi connectivity index (χ4n) is 3.90. The standard InChI is InChI=1S/C19H20N2O6/c1-19(2,3)26-18(25)20-9-10-8-13(20)14(10)17(24)27-21-15(22)11-6-4-5-7-12(11)16(21)23/h4-7,10,13-14H,8-9H2,1-3H3/t10-,13-,14+/m0/s1. The number of imide groups is 1. The Morgan fingerprint density at radius 1 is 1.07 bits per heavy atom. The first-order valence-corrected chi connectivity index (χ1v) is 8.86. The molecule has 8 heteroatoms. The van der Waals surface area contributed by atoms with Gasteiger partial charge in [-0.3, -0.25) is 9.59 Å². The Hall–Kier alpha value is -2.90. The van der Waals surface area contributed by atoms with Crippen LogP contribution in [-0.2, 0) is 14.4 Å². The first-order chi connectivity index (χ1) is 12.7. The van der Waals surface area contributed by atoms with Crippen LogP contribution in [0.4, 0.5) is 4.79 Å². The number of hydroxylamine groups is 2. The van der Waals surface area contributed by atoms with Crippen molar-refractivity contribution in [1.82, 2.24) is 9.96 Å². The van der Waals surface area contributed by atoms with E-state index in [2.05, 4.69) is 0 Å². The Bertz CT molecular complexity index is 823. The molecule has 3 heterocycles. The molecule has 4 aliphatic rings. The smallest absolute Gasteiger partial charge is 0.410 e. The number of rotatable bonds is 2. The molecule has 1 aromatic rings. The lowest BCUT2D eigenvalue weighted by atomic mass is 9.74. The van der Waals surface area contributed by atoms with Gasteiger partial charge >= 0.3 is 12.1 Å². The molecule has 1 saturated carbocycles. The van der Waals surface area contributed by atoms with Crippen molar-refractivity contribution in [1.29, 1.82) is 0 Å². The van der Waals surface area contributed by atoms with Crippen LogP contribution in [0.15, 0.2) is 24.3 Å². The van der Waals surface area contributed by atoms with Crippen LogP contribution in [0.2, 0.25) is 0 Å². The zero-order valence-corrected chi connectivity index (χ0v) is 15.3. The number of hydrogen-bond acceptors (Lipinski definition) is 6. The van der Waals surface area contributed by atoms with E-state index in [0.29, 0.717) is 18.0 Å². The average molecular weight is 372 g/mol. The molecule has 3 amide bonds. The molecule has 1 aliphatic carbocycles. The van der Waals surface area contributed by atoms with E-state index in [4.69, 9.17) is 9.57 Å². The molecule has 1 aromatic carbocycles. The van der Waals surface area contributed by atoms with E-state index < -0.39 is 35.4 Å².